The minimum absolute atomic E-state index is 0.0773. The number of aliphatic hydroxyl groups excluding tert-OH is 1. The number of rotatable bonds is 7. The summed E-state index contributed by atoms with van der Waals surface area (Å²) < 4.78 is 13.0. The van der Waals surface area contributed by atoms with E-state index in [1.54, 1.807) is 11.8 Å². The average molecular weight is 496 g/mol. The second-order valence-electron chi connectivity index (χ2n) is 7.84. The van der Waals surface area contributed by atoms with Crippen LogP contribution in [0, 0.1) is 6.92 Å². The van der Waals surface area contributed by atoms with E-state index in [1.165, 1.54) is 11.8 Å². The molecule has 6 rings (SSSR count). The molecule has 0 bridgehead atoms. The van der Waals surface area contributed by atoms with Gasteiger partial charge in [-0.25, -0.2) is 9.66 Å². The molecule has 4 heterocycles. The first-order chi connectivity index (χ1) is 16.7. The van der Waals surface area contributed by atoms with Crippen LogP contribution >= 0.6 is 23.5 Å². The van der Waals surface area contributed by atoms with E-state index < -0.39 is 6.10 Å². The van der Waals surface area contributed by atoms with E-state index in [9.17, 15) is 5.11 Å². The molecule has 10 nitrogen and oxygen atoms in total. The van der Waals surface area contributed by atoms with Crippen molar-refractivity contribution in [2.24, 2.45) is 0 Å². The van der Waals surface area contributed by atoms with Crippen molar-refractivity contribution in [3.63, 3.8) is 0 Å². The molecule has 2 N–H and O–H groups in total. The first-order valence-corrected chi connectivity index (χ1v) is 12.6. The SMILES string of the molecule is Cc1nnc2n1N(CC(O)CSc1n[nH]c(-c3ccccc3)n1)C(c1ccc3c(c1)OCO3)S2. The Morgan fingerprint density at radius 3 is 2.91 bits per heavy atom. The Morgan fingerprint density at radius 2 is 2.03 bits per heavy atom. The molecule has 0 spiro atoms. The molecule has 0 saturated heterocycles. The lowest BCUT2D eigenvalue weighted by atomic mass is 10.2. The number of nitrogens with one attached hydrogen (secondary N) is 1. The molecule has 0 radical (unpaired) electrons. The summed E-state index contributed by atoms with van der Waals surface area (Å²) in [5.74, 6) is 3.39. The highest BCUT2D eigenvalue weighted by Crippen LogP contribution is 2.45. The van der Waals surface area contributed by atoms with Crippen LogP contribution in [0.15, 0.2) is 58.8 Å². The predicted molar refractivity (Wildman–Crippen MR) is 128 cm³/mol. The summed E-state index contributed by atoms with van der Waals surface area (Å²) in [7, 11) is 0. The quantitative estimate of drug-likeness (QED) is 0.371. The average Bonchev–Trinajstić information content (AvgIpc) is 3.64. The molecule has 2 aromatic heterocycles. The number of ether oxygens (including phenoxy) is 2. The van der Waals surface area contributed by atoms with Gasteiger partial charge in [-0.15, -0.1) is 15.3 Å². The van der Waals surface area contributed by atoms with Crippen molar-refractivity contribution in [3.8, 4) is 22.9 Å². The van der Waals surface area contributed by atoms with Gasteiger partial charge < -0.3 is 14.6 Å². The van der Waals surface area contributed by atoms with E-state index in [0.717, 1.165) is 33.6 Å². The summed E-state index contributed by atoms with van der Waals surface area (Å²) in [6, 6.07) is 15.8. The summed E-state index contributed by atoms with van der Waals surface area (Å²) >= 11 is 3.01. The maximum Gasteiger partial charge on any atom is 0.231 e. The maximum absolute atomic E-state index is 10.9. The van der Waals surface area contributed by atoms with E-state index in [2.05, 4.69) is 30.4 Å². The zero-order valence-electron chi connectivity index (χ0n) is 18.2. The molecule has 2 aliphatic heterocycles. The number of β-amino-alcohol motifs (C(OH)–C–C–N with tert-alkyl or cyclic N) is 1. The van der Waals surface area contributed by atoms with Crippen LogP contribution in [0.2, 0.25) is 0 Å². The molecular weight excluding hydrogens is 474 g/mol. The topological polar surface area (TPSA) is 114 Å². The van der Waals surface area contributed by atoms with Gasteiger partial charge in [-0.1, -0.05) is 59.9 Å². The molecule has 2 atom stereocenters. The minimum Gasteiger partial charge on any atom is -0.454 e. The maximum atomic E-state index is 10.9. The van der Waals surface area contributed by atoms with E-state index in [0.29, 0.717) is 23.3 Å². The Balaban J connectivity index is 1.17. The van der Waals surface area contributed by atoms with Gasteiger partial charge in [-0.2, -0.15) is 0 Å². The first-order valence-electron chi connectivity index (χ1n) is 10.7. The smallest absolute Gasteiger partial charge is 0.231 e. The number of fused-ring (bicyclic) bond motifs is 2. The number of nitrogens with zero attached hydrogens (tertiary/aromatic N) is 6. The van der Waals surface area contributed by atoms with Crippen LogP contribution in [0.3, 0.4) is 0 Å². The van der Waals surface area contributed by atoms with E-state index >= 15 is 0 Å². The molecule has 2 aliphatic rings. The van der Waals surface area contributed by atoms with Crippen molar-refractivity contribution in [2.75, 3.05) is 24.1 Å². The van der Waals surface area contributed by atoms with Crippen molar-refractivity contribution in [1.82, 2.24) is 30.1 Å². The van der Waals surface area contributed by atoms with Gasteiger partial charge in [0.05, 0.1) is 12.6 Å². The van der Waals surface area contributed by atoms with Crippen molar-refractivity contribution in [2.45, 2.75) is 28.7 Å². The van der Waals surface area contributed by atoms with Crippen molar-refractivity contribution in [3.05, 3.63) is 59.9 Å². The number of hydrogen-bond donors (Lipinski definition) is 2. The van der Waals surface area contributed by atoms with Crippen LogP contribution in [-0.4, -0.2) is 60.4 Å². The minimum atomic E-state index is -0.631. The van der Waals surface area contributed by atoms with Crippen molar-refractivity contribution < 1.29 is 14.6 Å². The molecule has 0 amide bonds. The number of aliphatic hydroxyl groups is 1. The molecule has 2 unspecified atom stereocenters. The zero-order valence-corrected chi connectivity index (χ0v) is 19.8. The van der Waals surface area contributed by atoms with Gasteiger partial charge in [0.15, 0.2) is 17.3 Å². The van der Waals surface area contributed by atoms with Gasteiger partial charge in [0.2, 0.25) is 17.1 Å². The second kappa shape index (κ2) is 8.85. The Bertz CT molecular complexity index is 1310. The first kappa shape index (κ1) is 21.3. The zero-order chi connectivity index (χ0) is 23.1. The number of benzene rings is 2. The molecular formula is C22H21N7O3S2. The van der Waals surface area contributed by atoms with Gasteiger partial charge in [0.1, 0.15) is 11.2 Å². The molecule has 174 valence electrons. The molecule has 4 aromatic rings. The molecule has 34 heavy (non-hydrogen) atoms. The second-order valence-corrected chi connectivity index (χ2v) is 9.88. The van der Waals surface area contributed by atoms with Crippen LogP contribution < -0.4 is 14.5 Å². The standard InChI is InChI=1S/C22H21N7O3S2/c1-13-24-27-22-29(13)28(20(34-22)15-7-8-17-18(9-15)32-12-31-17)10-16(30)11-33-21-23-19(25-26-21)14-5-3-2-4-6-14/h2-9,16,20,30H,10-12H2,1H3,(H,23,25,26). The summed E-state index contributed by atoms with van der Waals surface area (Å²) in [5.41, 5.74) is 2.01. The third-order valence-electron chi connectivity index (χ3n) is 5.51. The van der Waals surface area contributed by atoms with Crippen LogP contribution in [0.5, 0.6) is 11.5 Å². The number of aryl methyl sites for hydroxylation is 1. The monoisotopic (exact) mass is 495 g/mol. The van der Waals surface area contributed by atoms with E-state index in [1.807, 2.05) is 60.1 Å². The number of aromatic nitrogens is 6. The fourth-order valence-corrected chi connectivity index (χ4v) is 5.85. The Morgan fingerprint density at radius 1 is 1.18 bits per heavy atom. The van der Waals surface area contributed by atoms with Crippen LogP contribution in [0.25, 0.3) is 11.4 Å². The molecule has 12 heteroatoms. The fraction of sp³-hybridized carbons (Fsp3) is 0.273. The van der Waals surface area contributed by atoms with Gasteiger partial charge in [0.25, 0.3) is 0 Å². The Labute approximate surface area is 203 Å². The number of aromatic amines is 1. The third kappa shape index (κ3) is 3.97. The summed E-state index contributed by atoms with van der Waals surface area (Å²) in [6.07, 6.45) is -0.631. The lowest BCUT2D eigenvalue weighted by molar-refractivity contribution is 0.174. The largest absolute Gasteiger partial charge is 0.454 e. The normalized spacial score (nSPS) is 17.2. The molecule has 2 aromatic carbocycles. The van der Waals surface area contributed by atoms with Crippen LogP contribution in [0.1, 0.15) is 16.8 Å². The Hall–Kier alpha value is -3.22. The fourth-order valence-electron chi connectivity index (χ4n) is 3.93. The lowest BCUT2D eigenvalue weighted by Crippen LogP contribution is -2.41. The van der Waals surface area contributed by atoms with Gasteiger partial charge in [-0.05, 0) is 24.6 Å². The summed E-state index contributed by atoms with van der Waals surface area (Å²) in [4.78, 5) is 4.54. The van der Waals surface area contributed by atoms with Crippen LogP contribution in [0.4, 0.5) is 0 Å². The Kier molecular flexibility index (Phi) is 5.55. The van der Waals surface area contributed by atoms with Gasteiger partial charge >= 0.3 is 0 Å². The highest BCUT2D eigenvalue weighted by Gasteiger charge is 2.36. The number of H-pyrrole nitrogens is 1. The predicted octanol–water partition coefficient (Wildman–Crippen LogP) is 3.00. The molecule has 0 aliphatic carbocycles. The third-order valence-corrected chi connectivity index (χ3v) is 7.71. The summed E-state index contributed by atoms with van der Waals surface area (Å²) in [6.45, 7) is 2.53. The van der Waals surface area contributed by atoms with E-state index in [4.69, 9.17) is 9.47 Å². The number of thioether (sulfide) groups is 2. The highest BCUT2D eigenvalue weighted by atomic mass is 32.2. The number of hydrogen-bond acceptors (Lipinski definition) is 10. The van der Waals surface area contributed by atoms with Crippen LogP contribution in [-0.2, 0) is 0 Å². The highest BCUT2D eigenvalue weighted by molar-refractivity contribution is 7.99. The van der Waals surface area contributed by atoms with Crippen molar-refractivity contribution >= 4 is 23.5 Å². The lowest BCUT2D eigenvalue weighted by Gasteiger charge is -2.29. The van der Waals surface area contributed by atoms with Gasteiger partial charge in [0, 0.05) is 11.3 Å². The van der Waals surface area contributed by atoms with Crippen molar-refractivity contribution in [1.29, 1.82) is 0 Å². The molecule has 0 saturated carbocycles. The van der Waals surface area contributed by atoms with E-state index in [-0.39, 0.29) is 12.2 Å². The van der Waals surface area contributed by atoms with Gasteiger partial charge in [-0.3, -0.25) is 10.1 Å². The molecule has 0 fully saturated rings. The summed E-state index contributed by atoms with van der Waals surface area (Å²) in [5, 5.41) is 30.1.